The van der Waals surface area contributed by atoms with E-state index in [0.717, 1.165) is 11.3 Å². The number of amides is 1. The van der Waals surface area contributed by atoms with Crippen LogP contribution in [0.1, 0.15) is 21.6 Å². The van der Waals surface area contributed by atoms with E-state index in [-0.39, 0.29) is 12.6 Å². The zero-order valence-electron chi connectivity index (χ0n) is 13.2. The molecule has 124 valence electrons. The number of benzene rings is 1. The smallest absolute Gasteiger partial charge is 0.274 e. The summed E-state index contributed by atoms with van der Waals surface area (Å²) in [7, 11) is 0. The number of hydrogen-bond acceptors (Lipinski definition) is 4. The van der Waals surface area contributed by atoms with Crippen LogP contribution in [-0.2, 0) is 6.73 Å². The highest BCUT2D eigenvalue weighted by Crippen LogP contribution is 2.19. The first-order chi connectivity index (χ1) is 11.5. The molecule has 0 bridgehead atoms. The molecule has 0 aliphatic carbocycles. The first-order valence-electron chi connectivity index (χ1n) is 7.25. The van der Waals surface area contributed by atoms with Gasteiger partial charge < -0.3 is 10.1 Å². The maximum Gasteiger partial charge on any atom is 0.274 e. The summed E-state index contributed by atoms with van der Waals surface area (Å²) in [6.45, 7) is 4.30. The highest BCUT2D eigenvalue weighted by atomic mass is 79.9. The molecule has 0 saturated heterocycles. The molecule has 0 radical (unpaired) electrons. The summed E-state index contributed by atoms with van der Waals surface area (Å²) in [6, 6.07) is 6.00. The van der Waals surface area contributed by atoms with Crippen molar-refractivity contribution in [2.75, 3.05) is 5.32 Å². The average molecular weight is 390 g/mol. The average Bonchev–Trinajstić information content (AvgIpc) is 3.15. The van der Waals surface area contributed by atoms with Gasteiger partial charge in [-0.05, 0) is 41.4 Å². The zero-order valence-corrected chi connectivity index (χ0v) is 14.8. The monoisotopic (exact) mass is 389 g/mol. The molecule has 0 saturated carbocycles. The van der Waals surface area contributed by atoms with E-state index in [0.29, 0.717) is 15.9 Å². The van der Waals surface area contributed by atoms with Crippen LogP contribution in [0.5, 0.6) is 5.75 Å². The summed E-state index contributed by atoms with van der Waals surface area (Å²) >= 11 is 3.25. The molecule has 0 spiro atoms. The molecule has 7 nitrogen and oxygen atoms in total. The molecule has 8 heteroatoms. The molecule has 2 N–H and O–H groups in total. The van der Waals surface area contributed by atoms with Crippen LogP contribution in [0.4, 0.5) is 5.69 Å². The van der Waals surface area contributed by atoms with Crippen LogP contribution >= 0.6 is 15.9 Å². The number of halogens is 1. The molecule has 1 amide bonds. The Labute approximate surface area is 147 Å². The number of rotatable bonds is 5. The first-order valence-corrected chi connectivity index (χ1v) is 8.05. The third-order valence-corrected chi connectivity index (χ3v) is 4.00. The van der Waals surface area contributed by atoms with Gasteiger partial charge in [0.25, 0.3) is 5.91 Å². The number of aryl methyl sites for hydroxylation is 2. The Morgan fingerprint density at radius 1 is 1.38 bits per heavy atom. The highest BCUT2D eigenvalue weighted by Gasteiger charge is 2.13. The minimum atomic E-state index is -0.297. The van der Waals surface area contributed by atoms with E-state index in [1.165, 1.54) is 11.8 Å². The number of carbonyl (C=O) groups is 1. The largest absolute Gasteiger partial charge is 0.471 e. The van der Waals surface area contributed by atoms with E-state index in [1.807, 2.05) is 26.0 Å². The molecule has 0 atom stereocenters. The molecule has 1 aromatic carbocycles. The van der Waals surface area contributed by atoms with Crippen molar-refractivity contribution in [3.05, 3.63) is 58.1 Å². The van der Waals surface area contributed by atoms with E-state index in [1.54, 1.807) is 17.1 Å². The second-order valence-electron chi connectivity index (χ2n) is 5.36. The van der Waals surface area contributed by atoms with Gasteiger partial charge in [-0.15, -0.1) is 0 Å². The number of carbonyl (C=O) groups excluding carboxylic acids is 1. The maximum atomic E-state index is 12.1. The van der Waals surface area contributed by atoms with E-state index < -0.39 is 0 Å². The Morgan fingerprint density at radius 2 is 2.21 bits per heavy atom. The maximum absolute atomic E-state index is 12.1. The number of aromatic amines is 1. The molecule has 0 aliphatic heterocycles. The minimum Gasteiger partial charge on any atom is -0.471 e. The van der Waals surface area contributed by atoms with Crippen LogP contribution in [0.15, 0.2) is 41.3 Å². The number of nitrogens with zero attached hydrogens (tertiary/aromatic N) is 3. The first kappa shape index (κ1) is 16.3. The summed E-state index contributed by atoms with van der Waals surface area (Å²) in [5.74, 6) is 0.511. The number of hydrogen-bond donors (Lipinski definition) is 2. The molecule has 3 rings (SSSR count). The number of aromatic nitrogens is 4. The fraction of sp³-hybridized carbons (Fsp3) is 0.188. The molecule has 0 unspecified atom stereocenters. The van der Waals surface area contributed by atoms with Crippen molar-refractivity contribution in [1.29, 1.82) is 0 Å². The number of anilines is 1. The Kier molecular flexibility index (Phi) is 4.66. The molecular weight excluding hydrogens is 374 g/mol. The number of ether oxygens (including phenoxy) is 1. The van der Waals surface area contributed by atoms with Crippen molar-refractivity contribution in [3.63, 3.8) is 0 Å². The summed E-state index contributed by atoms with van der Waals surface area (Å²) in [6.07, 6.45) is 4.79. The second kappa shape index (κ2) is 6.88. The van der Waals surface area contributed by atoms with Crippen molar-refractivity contribution in [2.24, 2.45) is 0 Å². The van der Waals surface area contributed by atoms with Gasteiger partial charge in [0.15, 0.2) is 6.73 Å². The Hall–Kier alpha value is -2.61. The van der Waals surface area contributed by atoms with E-state index >= 15 is 0 Å². The van der Waals surface area contributed by atoms with Gasteiger partial charge in [0, 0.05) is 0 Å². The lowest BCUT2D eigenvalue weighted by atomic mass is 10.1. The van der Waals surface area contributed by atoms with Crippen LogP contribution in [0.3, 0.4) is 0 Å². The van der Waals surface area contributed by atoms with Crippen LogP contribution in [-0.4, -0.2) is 25.9 Å². The van der Waals surface area contributed by atoms with Crippen LogP contribution in [0.25, 0.3) is 0 Å². The van der Waals surface area contributed by atoms with Crippen molar-refractivity contribution in [3.8, 4) is 5.75 Å². The summed E-state index contributed by atoms with van der Waals surface area (Å²) < 4.78 is 7.96. The van der Waals surface area contributed by atoms with Gasteiger partial charge in [-0.2, -0.15) is 10.2 Å². The Morgan fingerprint density at radius 3 is 2.92 bits per heavy atom. The lowest BCUT2D eigenvalue weighted by Gasteiger charge is -2.09. The molecule has 24 heavy (non-hydrogen) atoms. The van der Waals surface area contributed by atoms with Crippen LogP contribution < -0.4 is 10.1 Å². The number of H-pyrrole nitrogens is 1. The van der Waals surface area contributed by atoms with Crippen molar-refractivity contribution < 1.29 is 9.53 Å². The van der Waals surface area contributed by atoms with Gasteiger partial charge in [-0.1, -0.05) is 17.7 Å². The van der Waals surface area contributed by atoms with Crippen LogP contribution in [0.2, 0.25) is 0 Å². The predicted octanol–water partition coefficient (Wildman–Crippen LogP) is 3.27. The van der Waals surface area contributed by atoms with Gasteiger partial charge in [0.1, 0.15) is 11.4 Å². The van der Waals surface area contributed by atoms with Gasteiger partial charge >= 0.3 is 0 Å². The molecule has 2 heterocycles. The third kappa shape index (κ3) is 3.65. The zero-order chi connectivity index (χ0) is 17.1. The third-order valence-electron chi connectivity index (χ3n) is 3.39. The normalized spacial score (nSPS) is 10.6. The Balaban J connectivity index is 1.61. The van der Waals surface area contributed by atoms with E-state index in [9.17, 15) is 4.79 Å². The van der Waals surface area contributed by atoms with E-state index in [4.69, 9.17) is 4.74 Å². The van der Waals surface area contributed by atoms with Gasteiger partial charge in [0.05, 0.1) is 28.8 Å². The van der Waals surface area contributed by atoms with Gasteiger partial charge in [0.2, 0.25) is 0 Å². The lowest BCUT2D eigenvalue weighted by Crippen LogP contribution is -2.12. The fourth-order valence-corrected chi connectivity index (χ4v) is 2.59. The summed E-state index contributed by atoms with van der Waals surface area (Å²) in [5, 5.41) is 13.3. The second-order valence-corrected chi connectivity index (χ2v) is 6.21. The van der Waals surface area contributed by atoms with Crippen LogP contribution in [0, 0.1) is 13.8 Å². The molecule has 0 aliphatic rings. The van der Waals surface area contributed by atoms with Gasteiger partial charge in [-0.25, -0.2) is 4.68 Å². The predicted molar refractivity (Wildman–Crippen MR) is 93.0 cm³/mol. The van der Waals surface area contributed by atoms with Crippen molar-refractivity contribution in [2.45, 2.75) is 20.6 Å². The van der Waals surface area contributed by atoms with Crippen molar-refractivity contribution >= 4 is 27.5 Å². The fourth-order valence-electron chi connectivity index (χ4n) is 2.22. The molecular formula is C16H16BrN5O2. The summed E-state index contributed by atoms with van der Waals surface area (Å²) in [5.41, 5.74) is 3.19. The van der Waals surface area contributed by atoms with E-state index in [2.05, 4.69) is 42.6 Å². The lowest BCUT2D eigenvalue weighted by molar-refractivity contribution is 0.102. The van der Waals surface area contributed by atoms with Crippen molar-refractivity contribution in [1.82, 2.24) is 20.0 Å². The summed E-state index contributed by atoms with van der Waals surface area (Å²) in [4.78, 5) is 12.1. The molecule has 0 fully saturated rings. The SMILES string of the molecule is Cc1ccc(OCn2cc(NC(=O)c3[nH]ncc3Br)cn2)c(C)c1. The molecule has 3 aromatic rings. The number of nitrogens with one attached hydrogen (secondary N) is 2. The quantitative estimate of drug-likeness (QED) is 0.700. The topological polar surface area (TPSA) is 84.8 Å². The van der Waals surface area contributed by atoms with Gasteiger partial charge in [-0.3, -0.25) is 9.89 Å². The standard InChI is InChI=1S/C16H16BrN5O2/c1-10-3-4-14(11(2)5-10)24-9-22-8-12(6-19-22)20-16(23)15-13(17)7-18-21-15/h3-8H,9H2,1-2H3,(H,18,21)(H,20,23). The highest BCUT2D eigenvalue weighted by molar-refractivity contribution is 9.10. The Bertz CT molecular complexity index is 871. The molecule has 2 aromatic heterocycles. The minimum absolute atomic E-state index is 0.257.